The third-order valence-corrected chi connectivity index (χ3v) is 11.9. The zero-order chi connectivity index (χ0) is 36.6. The summed E-state index contributed by atoms with van der Waals surface area (Å²) < 4.78 is 44.2. The van der Waals surface area contributed by atoms with Crippen LogP contribution >= 0.6 is 0 Å². The molecule has 0 aromatic heterocycles. The first-order chi connectivity index (χ1) is 22.8. The van der Waals surface area contributed by atoms with E-state index in [9.17, 15) is 19.8 Å². The molecule has 4 rings (SSSR count). The fourth-order valence-corrected chi connectivity index (χ4v) is 8.49. The molecule has 13 heteroatoms. The molecule has 2 bridgehead atoms. The van der Waals surface area contributed by atoms with Crippen LogP contribution in [0.1, 0.15) is 81.1 Å². The Morgan fingerprint density at radius 1 is 0.918 bits per heavy atom. The average Bonchev–Trinajstić information content (AvgIpc) is 3.52. The van der Waals surface area contributed by atoms with Gasteiger partial charge in [0.2, 0.25) is 0 Å². The standard InChI is InChI=1S/C36H64N2O11/c1-19-16-36(8,44-12)32(49-34-29(40)26(37(9)10)15-20(2)45-34)21(3)30(48-27-17-35(7,43-11)31(41)24(6)46-27)22(4)33(42)47-25-13-14-38(18-25)23(5)28(19)39/h19-27,29-32,34,40-41H,13-18H2,1-12H3/t19-,20-,21+,22-,23+,24+,25+,26+,27+,29-,30+,31+,32-,34+,35-,36+/m1/s1. The van der Waals surface area contributed by atoms with Crippen molar-refractivity contribution in [1.82, 2.24) is 9.80 Å². The third kappa shape index (κ3) is 8.69. The van der Waals surface area contributed by atoms with Crippen LogP contribution in [0.15, 0.2) is 0 Å². The van der Waals surface area contributed by atoms with Crippen molar-refractivity contribution in [1.29, 1.82) is 0 Å². The largest absolute Gasteiger partial charge is 0.461 e. The second kappa shape index (κ2) is 16.2. The minimum absolute atomic E-state index is 0.0668. The molecule has 4 aliphatic rings. The van der Waals surface area contributed by atoms with Gasteiger partial charge in [0.25, 0.3) is 0 Å². The number of esters is 1. The quantitative estimate of drug-likeness (QED) is 0.376. The summed E-state index contributed by atoms with van der Waals surface area (Å²) in [6.07, 6.45) is -4.81. The number of carbonyl (C=O) groups is 2. The number of aliphatic hydroxyl groups is 2. The molecular weight excluding hydrogens is 636 g/mol. The lowest BCUT2D eigenvalue weighted by molar-refractivity contribution is -0.319. The first-order valence-corrected chi connectivity index (χ1v) is 18.1. The van der Waals surface area contributed by atoms with E-state index in [4.69, 9.17) is 33.2 Å². The maximum Gasteiger partial charge on any atom is 0.311 e. The Balaban J connectivity index is 1.79. The number of ketones is 1. The molecule has 1 unspecified atom stereocenters. The zero-order valence-corrected chi connectivity index (χ0v) is 31.8. The monoisotopic (exact) mass is 700 g/mol. The summed E-state index contributed by atoms with van der Waals surface area (Å²) in [5.74, 6) is -2.13. The molecule has 0 amide bonds. The number of hydrogen-bond donors (Lipinski definition) is 2. The summed E-state index contributed by atoms with van der Waals surface area (Å²) in [5.41, 5.74) is -2.04. The number of hydrogen-bond acceptors (Lipinski definition) is 13. The fraction of sp³-hybridized carbons (Fsp3) is 0.944. The predicted molar refractivity (Wildman–Crippen MR) is 181 cm³/mol. The minimum atomic E-state index is -1.09. The SMILES string of the molecule is CO[C@]1(C)C[C@H](O[C@H]2[C@H](C)[C@@H](O[C@@H]3O[C@H](C)C[C@H](N(C)C)[C@H]3O)[C@@](C)(OC)C[C@@H](C)C(=O)[C@H](C)N3CC[C@@H](C3)OC(=O)[C@@H]2C)O[C@@H](C)[C@@H]1O. The van der Waals surface area contributed by atoms with Crippen LogP contribution in [-0.2, 0) is 42.7 Å². The molecule has 49 heavy (non-hydrogen) atoms. The summed E-state index contributed by atoms with van der Waals surface area (Å²) in [5, 5.41) is 22.4. The Morgan fingerprint density at radius 3 is 2.18 bits per heavy atom. The molecule has 0 radical (unpaired) electrons. The highest BCUT2D eigenvalue weighted by atomic mass is 16.7. The van der Waals surface area contributed by atoms with Crippen molar-refractivity contribution >= 4 is 11.8 Å². The van der Waals surface area contributed by atoms with Crippen LogP contribution in [0.3, 0.4) is 0 Å². The zero-order valence-electron chi connectivity index (χ0n) is 31.8. The van der Waals surface area contributed by atoms with Crippen LogP contribution in [0.2, 0.25) is 0 Å². The van der Waals surface area contributed by atoms with E-state index in [1.807, 2.05) is 60.5 Å². The van der Waals surface area contributed by atoms with E-state index < -0.39 is 78.0 Å². The van der Waals surface area contributed by atoms with Crippen molar-refractivity contribution < 1.29 is 53.0 Å². The van der Waals surface area contributed by atoms with Gasteiger partial charge < -0.3 is 48.3 Å². The lowest BCUT2D eigenvalue weighted by atomic mass is 9.76. The van der Waals surface area contributed by atoms with Crippen LogP contribution in [0.25, 0.3) is 0 Å². The third-order valence-electron chi connectivity index (χ3n) is 11.9. The summed E-state index contributed by atoms with van der Waals surface area (Å²) in [6, 6.07) is -0.590. The molecule has 0 aromatic rings. The number of fused-ring (bicyclic) bond motifs is 2. The average molecular weight is 701 g/mol. The van der Waals surface area contributed by atoms with Gasteiger partial charge in [0.15, 0.2) is 18.4 Å². The number of methoxy groups -OCH3 is 2. The van der Waals surface area contributed by atoms with Crippen molar-refractivity contribution in [2.24, 2.45) is 17.8 Å². The van der Waals surface area contributed by atoms with E-state index in [1.165, 1.54) is 0 Å². The highest BCUT2D eigenvalue weighted by molar-refractivity contribution is 5.85. The second-order valence-corrected chi connectivity index (χ2v) is 15.9. The van der Waals surface area contributed by atoms with Crippen molar-refractivity contribution in [2.75, 3.05) is 41.4 Å². The van der Waals surface area contributed by atoms with Gasteiger partial charge in [-0.15, -0.1) is 0 Å². The topological polar surface area (TPSA) is 146 Å². The number of likely N-dealkylation sites (N-methyl/N-ethyl adjacent to an activating group) is 1. The molecule has 4 fully saturated rings. The van der Waals surface area contributed by atoms with E-state index in [2.05, 4.69) is 4.90 Å². The van der Waals surface area contributed by atoms with Gasteiger partial charge in [0.05, 0.1) is 47.6 Å². The van der Waals surface area contributed by atoms with Crippen LogP contribution in [-0.4, -0.2) is 152 Å². The lowest BCUT2D eigenvalue weighted by Crippen LogP contribution is -2.61. The van der Waals surface area contributed by atoms with Gasteiger partial charge >= 0.3 is 5.97 Å². The Bertz CT molecular complexity index is 1130. The van der Waals surface area contributed by atoms with Crippen LogP contribution in [0, 0.1) is 17.8 Å². The summed E-state index contributed by atoms with van der Waals surface area (Å²) >= 11 is 0. The van der Waals surface area contributed by atoms with E-state index in [1.54, 1.807) is 28.1 Å². The molecule has 0 spiro atoms. The van der Waals surface area contributed by atoms with Gasteiger partial charge in [-0.25, -0.2) is 0 Å². The molecule has 0 aromatic carbocycles. The number of nitrogens with zero attached hydrogens (tertiary/aromatic N) is 2. The maximum absolute atomic E-state index is 14.0. The summed E-state index contributed by atoms with van der Waals surface area (Å²) in [7, 11) is 6.96. The molecule has 0 aliphatic carbocycles. The first-order valence-electron chi connectivity index (χ1n) is 18.1. The van der Waals surface area contributed by atoms with Crippen LogP contribution in [0.5, 0.6) is 0 Å². The normalized spacial score (nSPS) is 49.1. The van der Waals surface area contributed by atoms with E-state index >= 15 is 0 Å². The number of Topliss-reactive ketones (excluding diaryl/α,β-unsaturated/α-hetero) is 1. The molecule has 13 nitrogen and oxygen atoms in total. The molecule has 2 N–H and O–H groups in total. The highest BCUT2D eigenvalue weighted by Crippen LogP contribution is 2.41. The van der Waals surface area contributed by atoms with Gasteiger partial charge in [-0.1, -0.05) is 13.8 Å². The molecule has 4 saturated heterocycles. The predicted octanol–water partition coefficient (Wildman–Crippen LogP) is 2.38. The molecule has 17 atom stereocenters. The number of ether oxygens (including phenoxy) is 7. The second-order valence-electron chi connectivity index (χ2n) is 15.9. The lowest BCUT2D eigenvalue weighted by Gasteiger charge is -2.49. The molecule has 0 saturated carbocycles. The maximum atomic E-state index is 14.0. The number of carbonyl (C=O) groups excluding carboxylic acids is 2. The van der Waals surface area contributed by atoms with Gasteiger partial charge in [-0.05, 0) is 74.9 Å². The van der Waals surface area contributed by atoms with Gasteiger partial charge in [-0.3, -0.25) is 14.5 Å². The molecular formula is C36H64N2O11. The summed E-state index contributed by atoms with van der Waals surface area (Å²) in [4.78, 5) is 31.9. The molecule has 284 valence electrons. The molecule has 4 aliphatic heterocycles. The number of aliphatic hydroxyl groups excluding tert-OH is 2. The smallest absolute Gasteiger partial charge is 0.311 e. The highest BCUT2D eigenvalue weighted by Gasteiger charge is 2.52. The van der Waals surface area contributed by atoms with Crippen LogP contribution < -0.4 is 0 Å². The van der Waals surface area contributed by atoms with Crippen molar-refractivity contribution in [3.63, 3.8) is 0 Å². The van der Waals surface area contributed by atoms with E-state index in [0.717, 1.165) is 0 Å². The Morgan fingerprint density at radius 2 is 1.57 bits per heavy atom. The number of rotatable bonds is 7. The van der Waals surface area contributed by atoms with Crippen LogP contribution in [0.4, 0.5) is 0 Å². The minimum Gasteiger partial charge on any atom is -0.461 e. The fourth-order valence-electron chi connectivity index (χ4n) is 8.49. The van der Waals surface area contributed by atoms with Gasteiger partial charge in [0.1, 0.15) is 18.3 Å². The van der Waals surface area contributed by atoms with E-state index in [-0.39, 0.29) is 36.5 Å². The van der Waals surface area contributed by atoms with Gasteiger partial charge in [-0.2, -0.15) is 0 Å². The van der Waals surface area contributed by atoms with Crippen molar-refractivity contribution in [3.05, 3.63) is 0 Å². The van der Waals surface area contributed by atoms with Gasteiger partial charge in [0, 0.05) is 51.6 Å². The Labute approximate surface area is 293 Å². The molecule has 4 heterocycles. The first kappa shape index (κ1) is 40.5. The van der Waals surface area contributed by atoms with E-state index in [0.29, 0.717) is 32.4 Å². The van der Waals surface area contributed by atoms with Crippen molar-refractivity contribution in [2.45, 2.75) is 160 Å². The summed E-state index contributed by atoms with van der Waals surface area (Å²) in [6.45, 7) is 16.1. The Hall–Kier alpha value is -1.26. The van der Waals surface area contributed by atoms with Crippen molar-refractivity contribution in [3.8, 4) is 0 Å². The Kier molecular flexibility index (Phi) is 13.4.